The Bertz CT molecular complexity index is 744. The lowest BCUT2D eigenvalue weighted by molar-refractivity contribution is -0.133. The van der Waals surface area contributed by atoms with Crippen LogP contribution in [-0.4, -0.2) is 43.5 Å². The number of hydrogen-bond donors (Lipinski definition) is 1. The molecule has 0 radical (unpaired) electrons. The number of anilines is 1. The molecular weight excluding hydrogens is 332 g/mol. The van der Waals surface area contributed by atoms with Crippen molar-refractivity contribution in [2.45, 2.75) is 13.8 Å². The first-order chi connectivity index (χ1) is 12.5. The number of methoxy groups -OCH3 is 1. The molecule has 0 aliphatic rings. The Morgan fingerprint density at radius 3 is 2.38 bits per heavy atom. The van der Waals surface area contributed by atoms with Crippen molar-refractivity contribution in [1.29, 1.82) is 0 Å². The summed E-state index contributed by atoms with van der Waals surface area (Å²) < 4.78 is 10.7. The normalized spacial score (nSPS) is 10.1. The van der Waals surface area contributed by atoms with E-state index in [1.165, 1.54) is 11.8 Å². The van der Waals surface area contributed by atoms with Gasteiger partial charge >= 0.3 is 0 Å². The molecule has 138 valence electrons. The molecule has 2 rings (SSSR count). The molecule has 2 amide bonds. The van der Waals surface area contributed by atoms with Crippen molar-refractivity contribution in [3.05, 3.63) is 54.1 Å². The molecular formula is C20H24N2O4. The Morgan fingerprint density at radius 2 is 1.77 bits per heavy atom. The van der Waals surface area contributed by atoms with Gasteiger partial charge in [-0.05, 0) is 48.9 Å². The highest BCUT2D eigenvalue weighted by molar-refractivity contribution is 5.94. The number of aryl methyl sites for hydroxylation is 1. The Labute approximate surface area is 153 Å². The van der Waals surface area contributed by atoms with Gasteiger partial charge in [-0.3, -0.25) is 9.59 Å². The number of benzene rings is 2. The molecule has 0 saturated heterocycles. The summed E-state index contributed by atoms with van der Waals surface area (Å²) in [4.78, 5) is 25.4. The number of nitrogens with one attached hydrogen (secondary N) is 1. The average Bonchev–Trinajstić information content (AvgIpc) is 2.61. The van der Waals surface area contributed by atoms with Crippen LogP contribution in [0.1, 0.15) is 12.5 Å². The van der Waals surface area contributed by atoms with Crippen molar-refractivity contribution in [3.63, 3.8) is 0 Å². The first-order valence-electron chi connectivity index (χ1n) is 8.37. The van der Waals surface area contributed by atoms with E-state index in [4.69, 9.17) is 9.47 Å². The van der Waals surface area contributed by atoms with E-state index in [2.05, 4.69) is 5.32 Å². The van der Waals surface area contributed by atoms with Crippen molar-refractivity contribution in [2.24, 2.45) is 0 Å². The van der Waals surface area contributed by atoms with E-state index >= 15 is 0 Å². The van der Waals surface area contributed by atoms with Crippen LogP contribution in [0.25, 0.3) is 0 Å². The van der Waals surface area contributed by atoms with E-state index in [0.717, 1.165) is 11.3 Å². The number of hydrogen-bond acceptors (Lipinski definition) is 4. The van der Waals surface area contributed by atoms with E-state index < -0.39 is 0 Å². The van der Waals surface area contributed by atoms with Crippen LogP contribution < -0.4 is 14.8 Å². The minimum Gasteiger partial charge on any atom is -0.497 e. The molecule has 0 fully saturated rings. The summed E-state index contributed by atoms with van der Waals surface area (Å²) in [6, 6.07) is 14.7. The number of amides is 2. The minimum atomic E-state index is -0.241. The summed E-state index contributed by atoms with van der Waals surface area (Å²) in [6.07, 6.45) is 0. The quantitative estimate of drug-likeness (QED) is 0.790. The van der Waals surface area contributed by atoms with Crippen LogP contribution >= 0.6 is 0 Å². The Balaban J connectivity index is 1.83. The van der Waals surface area contributed by atoms with Gasteiger partial charge in [0.05, 0.1) is 20.2 Å². The fourth-order valence-electron chi connectivity index (χ4n) is 2.39. The molecule has 2 aromatic carbocycles. The zero-order valence-electron chi connectivity index (χ0n) is 15.3. The molecule has 0 saturated carbocycles. The van der Waals surface area contributed by atoms with Gasteiger partial charge in [0.2, 0.25) is 11.8 Å². The summed E-state index contributed by atoms with van der Waals surface area (Å²) in [5, 5.41) is 2.80. The second-order valence-electron chi connectivity index (χ2n) is 5.88. The molecule has 0 heterocycles. The van der Waals surface area contributed by atoms with Crippen LogP contribution in [0.3, 0.4) is 0 Å². The summed E-state index contributed by atoms with van der Waals surface area (Å²) in [6.45, 7) is 3.99. The number of carbonyl (C=O) groups is 2. The summed E-state index contributed by atoms with van der Waals surface area (Å²) in [5.74, 6) is 1.01. The predicted molar refractivity (Wildman–Crippen MR) is 101 cm³/mol. The first-order valence-corrected chi connectivity index (χ1v) is 8.37. The monoisotopic (exact) mass is 356 g/mol. The van der Waals surface area contributed by atoms with Crippen LogP contribution in [-0.2, 0) is 9.59 Å². The van der Waals surface area contributed by atoms with Gasteiger partial charge in [-0.1, -0.05) is 12.1 Å². The fourth-order valence-corrected chi connectivity index (χ4v) is 2.39. The largest absolute Gasteiger partial charge is 0.497 e. The summed E-state index contributed by atoms with van der Waals surface area (Å²) in [5.41, 5.74) is 1.77. The second-order valence-corrected chi connectivity index (χ2v) is 5.88. The highest BCUT2D eigenvalue weighted by atomic mass is 16.5. The maximum absolute atomic E-state index is 12.2. The van der Waals surface area contributed by atoms with Crippen molar-refractivity contribution >= 4 is 17.5 Å². The fraction of sp³-hybridized carbons (Fsp3) is 0.300. The maximum Gasteiger partial charge on any atom is 0.243 e. The van der Waals surface area contributed by atoms with Gasteiger partial charge in [-0.25, -0.2) is 0 Å². The summed E-state index contributed by atoms with van der Waals surface area (Å²) >= 11 is 0. The maximum atomic E-state index is 12.2. The molecule has 0 aromatic heterocycles. The lowest BCUT2D eigenvalue weighted by Crippen LogP contribution is -2.39. The van der Waals surface area contributed by atoms with Gasteiger partial charge in [0.15, 0.2) is 0 Å². The van der Waals surface area contributed by atoms with E-state index in [9.17, 15) is 9.59 Å². The second kappa shape index (κ2) is 9.46. The van der Waals surface area contributed by atoms with Crippen LogP contribution in [0.2, 0.25) is 0 Å². The van der Waals surface area contributed by atoms with Crippen molar-refractivity contribution < 1.29 is 19.1 Å². The third-order valence-corrected chi connectivity index (χ3v) is 3.77. The van der Waals surface area contributed by atoms with Crippen LogP contribution in [0.15, 0.2) is 48.5 Å². The average molecular weight is 356 g/mol. The van der Waals surface area contributed by atoms with E-state index in [1.807, 2.05) is 31.2 Å². The first kappa shape index (κ1) is 19.3. The Hall–Kier alpha value is -3.02. The van der Waals surface area contributed by atoms with Crippen LogP contribution in [0, 0.1) is 6.92 Å². The predicted octanol–water partition coefficient (Wildman–Crippen LogP) is 2.87. The lowest BCUT2D eigenvalue weighted by atomic mass is 10.2. The Kier molecular flexibility index (Phi) is 7.02. The van der Waals surface area contributed by atoms with Gasteiger partial charge in [-0.15, -0.1) is 0 Å². The SMILES string of the molecule is COc1ccc(OCCN(CC(=O)Nc2cccc(C)c2)C(C)=O)cc1. The molecule has 1 N–H and O–H groups in total. The van der Waals surface area contributed by atoms with Gasteiger partial charge in [-0.2, -0.15) is 0 Å². The molecule has 0 spiro atoms. The molecule has 26 heavy (non-hydrogen) atoms. The van der Waals surface area contributed by atoms with Gasteiger partial charge in [0.25, 0.3) is 0 Å². The Morgan fingerprint density at radius 1 is 1.08 bits per heavy atom. The van der Waals surface area contributed by atoms with Gasteiger partial charge in [0, 0.05) is 12.6 Å². The molecule has 0 aliphatic carbocycles. The number of nitrogens with zero attached hydrogens (tertiary/aromatic N) is 1. The van der Waals surface area contributed by atoms with Crippen molar-refractivity contribution in [1.82, 2.24) is 4.90 Å². The molecule has 0 unspecified atom stereocenters. The molecule has 6 heteroatoms. The van der Waals surface area contributed by atoms with Gasteiger partial charge < -0.3 is 19.7 Å². The number of ether oxygens (including phenoxy) is 2. The zero-order valence-corrected chi connectivity index (χ0v) is 15.3. The van der Waals surface area contributed by atoms with Gasteiger partial charge in [0.1, 0.15) is 18.1 Å². The van der Waals surface area contributed by atoms with E-state index in [1.54, 1.807) is 31.4 Å². The third-order valence-electron chi connectivity index (χ3n) is 3.77. The highest BCUT2D eigenvalue weighted by Crippen LogP contribution is 2.17. The standard InChI is InChI=1S/C20H24N2O4/c1-15-5-4-6-17(13-15)21-20(24)14-22(16(2)23)11-12-26-19-9-7-18(25-3)8-10-19/h4-10,13H,11-12,14H2,1-3H3,(H,21,24). The molecule has 0 aliphatic heterocycles. The lowest BCUT2D eigenvalue weighted by Gasteiger charge is -2.20. The third kappa shape index (κ3) is 6.12. The molecule has 2 aromatic rings. The number of rotatable bonds is 8. The highest BCUT2D eigenvalue weighted by Gasteiger charge is 2.14. The van der Waals surface area contributed by atoms with Crippen LogP contribution in [0.5, 0.6) is 11.5 Å². The topological polar surface area (TPSA) is 67.9 Å². The molecule has 6 nitrogen and oxygen atoms in total. The zero-order chi connectivity index (χ0) is 18.9. The van der Waals surface area contributed by atoms with Crippen LogP contribution in [0.4, 0.5) is 5.69 Å². The number of carbonyl (C=O) groups excluding carboxylic acids is 2. The van der Waals surface area contributed by atoms with E-state index in [-0.39, 0.29) is 18.4 Å². The van der Waals surface area contributed by atoms with Crippen molar-refractivity contribution in [3.8, 4) is 11.5 Å². The molecule has 0 atom stereocenters. The van der Waals surface area contributed by atoms with Crippen molar-refractivity contribution in [2.75, 3.05) is 32.1 Å². The van der Waals surface area contributed by atoms with E-state index in [0.29, 0.717) is 24.6 Å². The minimum absolute atomic E-state index is 0.0186. The molecule has 0 bridgehead atoms. The summed E-state index contributed by atoms with van der Waals surface area (Å²) in [7, 11) is 1.60. The smallest absolute Gasteiger partial charge is 0.243 e.